The van der Waals surface area contributed by atoms with Crippen LogP contribution in [0.2, 0.25) is 0 Å². The summed E-state index contributed by atoms with van der Waals surface area (Å²) in [6, 6.07) is 0. The number of carbonyl (C=O) groups is 1. The first-order valence-corrected chi connectivity index (χ1v) is 6.99. The van der Waals surface area contributed by atoms with Gasteiger partial charge in [0.2, 0.25) is 0 Å². The third kappa shape index (κ3) is 2.17. The van der Waals surface area contributed by atoms with Crippen LogP contribution in [0.5, 0.6) is 0 Å². The van der Waals surface area contributed by atoms with Crippen LogP contribution in [0, 0.1) is 0 Å². The van der Waals surface area contributed by atoms with E-state index in [0.717, 1.165) is 19.3 Å². The lowest BCUT2D eigenvalue weighted by Crippen LogP contribution is -2.37. The molecule has 0 amide bonds. The quantitative estimate of drug-likeness (QED) is 0.579. The summed E-state index contributed by atoms with van der Waals surface area (Å²) in [7, 11) is 0. The number of halogens is 1. The van der Waals surface area contributed by atoms with Gasteiger partial charge in [-0.05, 0) is 32.6 Å². The van der Waals surface area contributed by atoms with Crippen molar-refractivity contribution in [2.24, 2.45) is 4.99 Å². The minimum Gasteiger partial charge on any atom is -0.462 e. The maximum Gasteiger partial charge on any atom is 0.352 e. The van der Waals surface area contributed by atoms with Crippen LogP contribution in [0.1, 0.15) is 45.4 Å². The largest absolute Gasteiger partial charge is 0.462 e. The molecule has 0 unspecified atom stereocenters. The molecule has 90 valence electrons. The maximum atomic E-state index is 11.6. The van der Waals surface area contributed by atoms with Gasteiger partial charge in [-0.3, -0.25) is 4.99 Å². The Morgan fingerprint density at radius 2 is 2.38 bits per heavy atom. The molecular formula is C12H18BrNO2. The lowest BCUT2D eigenvalue weighted by molar-refractivity contribution is -0.135. The molecule has 0 saturated heterocycles. The average molecular weight is 288 g/mol. The molecule has 0 aromatic heterocycles. The molecular weight excluding hydrogens is 270 g/mol. The first kappa shape index (κ1) is 12.1. The van der Waals surface area contributed by atoms with E-state index in [9.17, 15) is 4.79 Å². The van der Waals surface area contributed by atoms with Crippen molar-refractivity contribution in [1.82, 2.24) is 0 Å². The van der Waals surface area contributed by atoms with E-state index in [1.54, 1.807) is 0 Å². The van der Waals surface area contributed by atoms with Gasteiger partial charge >= 0.3 is 5.97 Å². The summed E-state index contributed by atoms with van der Waals surface area (Å²) in [5.74, 6) is -0.218. The number of carbonyl (C=O) groups excluding carboxylic acids is 1. The van der Waals surface area contributed by atoms with Crippen LogP contribution in [0.4, 0.5) is 0 Å². The molecule has 1 saturated carbocycles. The fourth-order valence-corrected chi connectivity index (χ4v) is 3.55. The molecule has 0 radical (unpaired) electrons. The highest BCUT2D eigenvalue weighted by molar-refractivity contribution is 9.09. The predicted octanol–water partition coefficient (Wildman–Crippen LogP) is 2.86. The van der Waals surface area contributed by atoms with Crippen molar-refractivity contribution >= 4 is 27.6 Å². The van der Waals surface area contributed by atoms with E-state index in [-0.39, 0.29) is 11.5 Å². The van der Waals surface area contributed by atoms with E-state index in [0.29, 0.717) is 17.1 Å². The first-order chi connectivity index (χ1) is 7.68. The van der Waals surface area contributed by atoms with Gasteiger partial charge in [-0.15, -0.1) is 0 Å². The number of ether oxygens (including phenoxy) is 1. The number of esters is 1. The van der Waals surface area contributed by atoms with Gasteiger partial charge in [0.25, 0.3) is 0 Å². The van der Waals surface area contributed by atoms with Gasteiger partial charge in [-0.25, -0.2) is 4.79 Å². The van der Waals surface area contributed by atoms with Crippen molar-refractivity contribution in [2.75, 3.05) is 6.61 Å². The molecule has 4 heteroatoms. The number of hydrogen-bond acceptors (Lipinski definition) is 3. The highest BCUT2D eigenvalue weighted by atomic mass is 79.9. The van der Waals surface area contributed by atoms with Gasteiger partial charge in [-0.1, -0.05) is 28.8 Å². The molecule has 16 heavy (non-hydrogen) atoms. The molecule has 0 aromatic carbocycles. The van der Waals surface area contributed by atoms with E-state index >= 15 is 0 Å². The summed E-state index contributed by atoms with van der Waals surface area (Å²) in [5.41, 5.74) is 0.633. The van der Waals surface area contributed by atoms with E-state index in [2.05, 4.69) is 20.9 Å². The fraction of sp³-hybridized carbons (Fsp3) is 0.833. The van der Waals surface area contributed by atoms with Crippen LogP contribution in [-0.4, -0.2) is 28.7 Å². The summed E-state index contributed by atoms with van der Waals surface area (Å²) in [4.78, 5) is 16.7. The van der Waals surface area contributed by atoms with E-state index in [1.807, 2.05) is 6.92 Å². The molecule has 2 rings (SSSR count). The zero-order valence-electron chi connectivity index (χ0n) is 9.67. The Hall–Kier alpha value is -0.380. The normalized spacial score (nSPS) is 33.9. The molecule has 2 atom stereocenters. The van der Waals surface area contributed by atoms with Crippen molar-refractivity contribution in [3.63, 3.8) is 0 Å². The summed E-state index contributed by atoms with van der Waals surface area (Å²) in [6.45, 7) is 2.26. The average Bonchev–Trinajstić information content (AvgIpc) is 2.69. The minimum atomic E-state index is -0.218. The zero-order chi connectivity index (χ0) is 11.6. The van der Waals surface area contributed by atoms with Crippen molar-refractivity contribution in [1.29, 1.82) is 0 Å². The number of rotatable bonds is 2. The van der Waals surface area contributed by atoms with Gasteiger partial charge in [0, 0.05) is 4.83 Å². The standard InChI is InChI=1S/C12H18BrNO2/c1-2-16-11(15)9-6-8-12(14-9)7-4-3-5-10(12)13/h10H,2-8H2,1H3/t10-,12+/m1/s1. The van der Waals surface area contributed by atoms with Crippen LogP contribution in [0.25, 0.3) is 0 Å². The molecule has 1 heterocycles. The molecule has 1 aliphatic heterocycles. The van der Waals surface area contributed by atoms with E-state index in [1.165, 1.54) is 19.3 Å². The van der Waals surface area contributed by atoms with E-state index in [4.69, 9.17) is 4.74 Å². The second-order valence-electron chi connectivity index (χ2n) is 4.60. The predicted molar refractivity (Wildman–Crippen MR) is 67.2 cm³/mol. The Kier molecular flexibility index (Phi) is 3.67. The molecule has 1 spiro atoms. The topological polar surface area (TPSA) is 38.7 Å². The van der Waals surface area contributed by atoms with Crippen molar-refractivity contribution in [3.8, 4) is 0 Å². The van der Waals surface area contributed by atoms with Crippen molar-refractivity contribution in [3.05, 3.63) is 0 Å². The second-order valence-corrected chi connectivity index (χ2v) is 5.70. The lowest BCUT2D eigenvalue weighted by Gasteiger charge is -2.35. The molecule has 0 N–H and O–H groups in total. The first-order valence-electron chi connectivity index (χ1n) is 6.08. The SMILES string of the molecule is CCOC(=O)C1=N[C@@]2(CCCC[C@H]2Br)CC1. The summed E-state index contributed by atoms with van der Waals surface area (Å²) < 4.78 is 5.01. The Bertz CT molecular complexity index is 316. The summed E-state index contributed by atoms with van der Waals surface area (Å²) in [5, 5.41) is 0. The molecule has 1 aliphatic carbocycles. The number of aliphatic imine (C=N–C) groups is 1. The Labute approximate surface area is 105 Å². The Morgan fingerprint density at radius 3 is 3.06 bits per heavy atom. The van der Waals surface area contributed by atoms with Gasteiger partial charge in [0.05, 0.1) is 12.1 Å². The third-order valence-corrected chi connectivity index (χ3v) is 4.87. The van der Waals surface area contributed by atoms with Gasteiger partial charge < -0.3 is 4.74 Å². The summed E-state index contributed by atoms with van der Waals surface area (Å²) in [6.07, 6.45) is 6.53. The number of nitrogens with zero attached hydrogens (tertiary/aromatic N) is 1. The smallest absolute Gasteiger partial charge is 0.352 e. The van der Waals surface area contributed by atoms with Crippen LogP contribution < -0.4 is 0 Å². The molecule has 2 aliphatic rings. The molecule has 3 nitrogen and oxygen atoms in total. The van der Waals surface area contributed by atoms with Gasteiger partial charge in [0.1, 0.15) is 5.71 Å². The monoisotopic (exact) mass is 287 g/mol. The zero-order valence-corrected chi connectivity index (χ0v) is 11.3. The molecule has 0 aromatic rings. The second kappa shape index (κ2) is 4.86. The van der Waals surface area contributed by atoms with Crippen LogP contribution in [-0.2, 0) is 9.53 Å². The molecule has 0 bridgehead atoms. The van der Waals surface area contributed by atoms with Crippen LogP contribution >= 0.6 is 15.9 Å². The highest BCUT2D eigenvalue weighted by Gasteiger charge is 2.43. The fourth-order valence-electron chi connectivity index (χ4n) is 2.67. The lowest BCUT2D eigenvalue weighted by atomic mass is 9.80. The van der Waals surface area contributed by atoms with Crippen LogP contribution in [0.3, 0.4) is 0 Å². The highest BCUT2D eigenvalue weighted by Crippen LogP contribution is 2.43. The van der Waals surface area contributed by atoms with Crippen LogP contribution in [0.15, 0.2) is 4.99 Å². The number of alkyl halides is 1. The van der Waals surface area contributed by atoms with E-state index < -0.39 is 0 Å². The van der Waals surface area contributed by atoms with Gasteiger partial charge in [0.15, 0.2) is 0 Å². The van der Waals surface area contributed by atoms with Crippen molar-refractivity contribution < 1.29 is 9.53 Å². The van der Waals surface area contributed by atoms with Crippen molar-refractivity contribution in [2.45, 2.75) is 55.8 Å². The Balaban J connectivity index is 2.11. The minimum absolute atomic E-state index is 0.0135. The number of hydrogen-bond donors (Lipinski definition) is 0. The molecule has 1 fully saturated rings. The van der Waals surface area contributed by atoms with Gasteiger partial charge in [-0.2, -0.15) is 0 Å². The Morgan fingerprint density at radius 1 is 1.56 bits per heavy atom. The third-order valence-electron chi connectivity index (χ3n) is 3.56. The summed E-state index contributed by atoms with van der Waals surface area (Å²) >= 11 is 3.73. The maximum absolute atomic E-state index is 11.6.